The smallest absolute Gasteiger partial charge is 0.137 e. The molecular weight excluding hydrogens is 305 g/mol. The molecule has 106 valence electrons. The molecule has 1 nitrogen and oxygen atoms in total. The first-order chi connectivity index (χ1) is 9.16. The van der Waals surface area contributed by atoms with Crippen molar-refractivity contribution in [1.29, 1.82) is 0 Å². The molecule has 1 N–H and O–H groups in total. The SMILES string of the molecule is CC1CCCC(CCNCc2cccc(F)c2Br)C1. The average molecular weight is 328 g/mol. The molecule has 0 radical (unpaired) electrons. The van der Waals surface area contributed by atoms with E-state index >= 15 is 0 Å². The summed E-state index contributed by atoms with van der Waals surface area (Å²) >= 11 is 3.30. The van der Waals surface area contributed by atoms with Crippen LogP contribution in [0.25, 0.3) is 0 Å². The molecule has 1 saturated carbocycles. The Bertz CT molecular complexity index is 408. The van der Waals surface area contributed by atoms with Crippen LogP contribution in [-0.2, 0) is 6.54 Å². The lowest BCUT2D eigenvalue weighted by Gasteiger charge is -2.26. The van der Waals surface area contributed by atoms with Crippen molar-refractivity contribution in [2.24, 2.45) is 11.8 Å². The Balaban J connectivity index is 1.70. The van der Waals surface area contributed by atoms with Crippen molar-refractivity contribution >= 4 is 15.9 Å². The number of rotatable bonds is 5. The van der Waals surface area contributed by atoms with Gasteiger partial charge in [0.05, 0.1) is 4.47 Å². The topological polar surface area (TPSA) is 12.0 Å². The fourth-order valence-electron chi connectivity index (χ4n) is 3.04. The third-order valence-corrected chi connectivity index (χ3v) is 5.01. The number of nitrogens with one attached hydrogen (secondary N) is 1. The van der Waals surface area contributed by atoms with E-state index in [4.69, 9.17) is 0 Å². The number of benzene rings is 1. The van der Waals surface area contributed by atoms with Gasteiger partial charge in [0.1, 0.15) is 5.82 Å². The Hall–Kier alpha value is -0.410. The second kappa shape index (κ2) is 7.39. The molecule has 0 heterocycles. The molecule has 3 heteroatoms. The summed E-state index contributed by atoms with van der Waals surface area (Å²) < 4.78 is 13.9. The third kappa shape index (κ3) is 4.57. The molecule has 2 unspecified atom stereocenters. The van der Waals surface area contributed by atoms with E-state index in [2.05, 4.69) is 28.2 Å². The summed E-state index contributed by atoms with van der Waals surface area (Å²) in [6, 6.07) is 5.21. The quantitative estimate of drug-likeness (QED) is 0.759. The molecule has 19 heavy (non-hydrogen) atoms. The summed E-state index contributed by atoms with van der Waals surface area (Å²) in [5, 5.41) is 3.44. The summed E-state index contributed by atoms with van der Waals surface area (Å²) in [5.74, 6) is 1.60. The number of hydrogen-bond acceptors (Lipinski definition) is 1. The molecule has 0 aliphatic heterocycles. The fourth-order valence-corrected chi connectivity index (χ4v) is 3.44. The van der Waals surface area contributed by atoms with Gasteiger partial charge in [-0.15, -0.1) is 0 Å². The molecule has 0 aromatic heterocycles. The number of hydrogen-bond donors (Lipinski definition) is 1. The average Bonchev–Trinajstić information content (AvgIpc) is 2.39. The minimum atomic E-state index is -0.180. The highest BCUT2D eigenvalue weighted by atomic mass is 79.9. The van der Waals surface area contributed by atoms with Gasteiger partial charge in [0.25, 0.3) is 0 Å². The van der Waals surface area contributed by atoms with Gasteiger partial charge in [-0.2, -0.15) is 0 Å². The van der Waals surface area contributed by atoms with Crippen molar-refractivity contribution < 1.29 is 4.39 Å². The van der Waals surface area contributed by atoms with Crippen LogP contribution in [0.15, 0.2) is 22.7 Å². The molecular formula is C16H23BrFN. The molecule has 0 saturated heterocycles. The predicted molar refractivity (Wildman–Crippen MR) is 81.5 cm³/mol. The monoisotopic (exact) mass is 327 g/mol. The lowest BCUT2D eigenvalue weighted by atomic mass is 9.81. The van der Waals surface area contributed by atoms with Crippen molar-refractivity contribution in [3.63, 3.8) is 0 Å². The van der Waals surface area contributed by atoms with Crippen LogP contribution in [0, 0.1) is 17.7 Å². The van der Waals surface area contributed by atoms with E-state index in [0.717, 1.165) is 30.5 Å². The first-order valence-corrected chi connectivity index (χ1v) is 8.09. The van der Waals surface area contributed by atoms with Gasteiger partial charge in [-0.25, -0.2) is 4.39 Å². The molecule has 2 atom stereocenters. The zero-order valence-electron chi connectivity index (χ0n) is 11.6. The molecule has 0 spiro atoms. The highest BCUT2D eigenvalue weighted by molar-refractivity contribution is 9.10. The summed E-state index contributed by atoms with van der Waals surface area (Å²) in [4.78, 5) is 0. The van der Waals surface area contributed by atoms with Crippen LogP contribution in [-0.4, -0.2) is 6.54 Å². The van der Waals surface area contributed by atoms with Crippen molar-refractivity contribution in [1.82, 2.24) is 5.32 Å². The summed E-state index contributed by atoms with van der Waals surface area (Å²) in [7, 11) is 0. The summed E-state index contributed by atoms with van der Waals surface area (Å²) in [6.07, 6.45) is 6.81. The normalized spacial score (nSPS) is 23.5. The van der Waals surface area contributed by atoms with E-state index in [9.17, 15) is 4.39 Å². The minimum Gasteiger partial charge on any atom is -0.313 e. The predicted octanol–water partition coefficient (Wildman–Crippen LogP) is 4.89. The maximum atomic E-state index is 13.3. The molecule has 0 bridgehead atoms. The van der Waals surface area contributed by atoms with Crippen LogP contribution < -0.4 is 5.32 Å². The second-order valence-electron chi connectivity index (χ2n) is 5.82. The van der Waals surface area contributed by atoms with Crippen LogP contribution in [0.2, 0.25) is 0 Å². The molecule has 1 aromatic rings. The largest absolute Gasteiger partial charge is 0.313 e. The van der Waals surface area contributed by atoms with Gasteiger partial charge in [-0.3, -0.25) is 0 Å². The first-order valence-electron chi connectivity index (χ1n) is 7.30. The Kier molecular flexibility index (Phi) is 5.83. The summed E-state index contributed by atoms with van der Waals surface area (Å²) in [6.45, 7) is 4.13. The van der Waals surface area contributed by atoms with Crippen LogP contribution >= 0.6 is 15.9 Å². The van der Waals surface area contributed by atoms with E-state index < -0.39 is 0 Å². The Morgan fingerprint density at radius 2 is 2.21 bits per heavy atom. The maximum absolute atomic E-state index is 13.3. The lowest BCUT2D eigenvalue weighted by Crippen LogP contribution is -2.21. The molecule has 1 aliphatic rings. The summed E-state index contributed by atoms with van der Waals surface area (Å²) in [5.41, 5.74) is 0.997. The van der Waals surface area contributed by atoms with Crippen LogP contribution in [0.1, 0.15) is 44.6 Å². The van der Waals surface area contributed by atoms with E-state index in [1.54, 1.807) is 6.07 Å². The van der Waals surface area contributed by atoms with Gasteiger partial charge >= 0.3 is 0 Å². The highest BCUT2D eigenvalue weighted by Gasteiger charge is 2.18. The van der Waals surface area contributed by atoms with E-state index in [1.807, 2.05) is 6.07 Å². The molecule has 1 fully saturated rings. The Labute approximate surface area is 124 Å². The van der Waals surface area contributed by atoms with Crippen LogP contribution in [0.5, 0.6) is 0 Å². The van der Waals surface area contributed by atoms with Gasteiger partial charge in [-0.1, -0.05) is 38.3 Å². The first kappa shape index (κ1) is 15.0. The minimum absolute atomic E-state index is 0.180. The molecule has 1 aliphatic carbocycles. The van der Waals surface area contributed by atoms with Crippen molar-refractivity contribution in [3.8, 4) is 0 Å². The van der Waals surface area contributed by atoms with Gasteiger partial charge in [0.15, 0.2) is 0 Å². The van der Waals surface area contributed by atoms with E-state index in [1.165, 1.54) is 38.2 Å². The standard InChI is InChI=1S/C16H23BrFN/c1-12-4-2-5-13(10-12)8-9-19-11-14-6-3-7-15(18)16(14)17/h3,6-7,12-13,19H,2,4-5,8-11H2,1H3. The zero-order chi connectivity index (χ0) is 13.7. The van der Waals surface area contributed by atoms with Crippen molar-refractivity contribution in [3.05, 3.63) is 34.1 Å². The Morgan fingerprint density at radius 3 is 3.00 bits per heavy atom. The highest BCUT2D eigenvalue weighted by Crippen LogP contribution is 2.30. The van der Waals surface area contributed by atoms with E-state index in [0.29, 0.717) is 4.47 Å². The molecule has 2 rings (SSSR count). The Morgan fingerprint density at radius 1 is 1.37 bits per heavy atom. The fraction of sp³-hybridized carbons (Fsp3) is 0.625. The van der Waals surface area contributed by atoms with Crippen LogP contribution in [0.4, 0.5) is 4.39 Å². The van der Waals surface area contributed by atoms with Gasteiger partial charge in [-0.05, 0) is 58.8 Å². The van der Waals surface area contributed by atoms with Crippen molar-refractivity contribution in [2.45, 2.75) is 45.6 Å². The number of halogens is 2. The van der Waals surface area contributed by atoms with Crippen molar-refractivity contribution in [2.75, 3.05) is 6.54 Å². The van der Waals surface area contributed by atoms with Gasteiger partial charge in [0.2, 0.25) is 0 Å². The van der Waals surface area contributed by atoms with E-state index in [-0.39, 0.29) is 5.82 Å². The lowest BCUT2D eigenvalue weighted by molar-refractivity contribution is 0.267. The molecule has 1 aromatic carbocycles. The van der Waals surface area contributed by atoms with Gasteiger partial charge < -0.3 is 5.32 Å². The maximum Gasteiger partial charge on any atom is 0.137 e. The van der Waals surface area contributed by atoms with Gasteiger partial charge in [0, 0.05) is 6.54 Å². The zero-order valence-corrected chi connectivity index (χ0v) is 13.2. The molecule has 0 amide bonds. The second-order valence-corrected chi connectivity index (χ2v) is 6.61. The van der Waals surface area contributed by atoms with Crippen LogP contribution in [0.3, 0.4) is 0 Å². The third-order valence-electron chi connectivity index (χ3n) is 4.12.